The molecule has 0 aliphatic heterocycles. The van der Waals surface area contributed by atoms with Crippen molar-refractivity contribution in [3.05, 3.63) is 66.1 Å². The average Bonchev–Trinajstić information content (AvgIpc) is 3.19. The summed E-state index contributed by atoms with van der Waals surface area (Å²) < 4.78 is 20.2. The number of fused-ring (bicyclic) bond motifs is 1. The van der Waals surface area contributed by atoms with E-state index in [9.17, 15) is 9.32 Å². The Morgan fingerprint density at radius 3 is 2.78 bits per heavy atom. The summed E-state index contributed by atoms with van der Waals surface area (Å²) in [5, 5.41) is 13.0. The van der Waals surface area contributed by atoms with E-state index in [1.54, 1.807) is 24.3 Å². The zero-order valence-electron chi connectivity index (χ0n) is 17.7. The summed E-state index contributed by atoms with van der Waals surface area (Å²) in [5.41, 5.74) is 2.31. The van der Waals surface area contributed by atoms with Gasteiger partial charge < -0.3 is 19.7 Å². The Balaban J connectivity index is 1.56. The Kier molecular flexibility index (Phi) is 6.74. The molecule has 0 amide bonds. The number of nitrogens with zero attached hydrogens (tertiary/aromatic N) is 3. The topological polar surface area (TPSA) is 89.3 Å². The number of benzene rings is 2. The lowest BCUT2D eigenvalue weighted by atomic mass is 10.3. The fraction of sp³-hybridized carbons (Fsp3) is 0.217. The summed E-state index contributed by atoms with van der Waals surface area (Å²) in [7, 11) is -1.10. The normalized spacial score (nSPS) is 12.3. The minimum atomic E-state index is -1.10. The number of halogens is 1. The lowest BCUT2D eigenvalue weighted by molar-refractivity contribution is 0.278. The van der Waals surface area contributed by atoms with Crippen LogP contribution in [0.2, 0.25) is 5.02 Å². The Morgan fingerprint density at radius 1 is 1.19 bits per heavy atom. The summed E-state index contributed by atoms with van der Waals surface area (Å²) in [4.78, 5) is 9.34. The van der Waals surface area contributed by atoms with Gasteiger partial charge in [0.2, 0.25) is 0 Å². The molecule has 4 aromatic rings. The lowest BCUT2D eigenvalue weighted by Gasteiger charge is -2.13. The maximum Gasteiger partial charge on any atom is 0.158 e. The first-order valence-electron chi connectivity index (χ1n) is 10.1. The second-order valence-corrected chi connectivity index (χ2v) is 9.80. The molecule has 0 saturated carbocycles. The number of nitrogens with one attached hydrogen (secondary N) is 1. The van der Waals surface area contributed by atoms with Crippen LogP contribution in [-0.2, 0) is 17.3 Å². The van der Waals surface area contributed by atoms with Crippen LogP contribution in [0.4, 0.5) is 11.5 Å². The molecule has 0 bridgehead atoms. The van der Waals surface area contributed by atoms with E-state index in [1.165, 1.54) is 6.33 Å². The highest BCUT2D eigenvalue weighted by molar-refractivity contribution is 7.85. The third-order valence-electron chi connectivity index (χ3n) is 4.78. The minimum absolute atomic E-state index is 0.0158. The third-order valence-corrected chi connectivity index (χ3v) is 6.65. The van der Waals surface area contributed by atoms with Crippen molar-refractivity contribution in [2.24, 2.45) is 0 Å². The molecular formula is C23H23ClN4O3S. The number of anilines is 2. The van der Waals surface area contributed by atoms with Crippen LogP contribution in [0.1, 0.15) is 13.8 Å². The fourth-order valence-corrected chi connectivity index (χ4v) is 4.49. The van der Waals surface area contributed by atoms with E-state index in [-0.39, 0.29) is 11.9 Å². The molecule has 0 saturated heterocycles. The maximum atomic E-state index is 12.4. The first kappa shape index (κ1) is 22.3. The van der Waals surface area contributed by atoms with Crippen LogP contribution in [0.15, 0.2) is 66.0 Å². The first-order valence-corrected chi connectivity index (χ1v) is 11.7. The fourth-order valence-electron chi connectivity index (χ4n) is 3.28. The molecule has 0 fully saturated rings. The van der Waals surface area contributed by atoms with Gasteiger partial charge in [-0.15, -0.1) is 0 Å². The van der Waals surface area contributed by atoms with E-state index in [0.717, 1.165) is 16.7 Å². The molecule has 4 rings (SSSR count). The lowest BCUT2D eigenvalue weighted by Crippen LogP contribution is -2.05. The van der Waals surface area contributed by atoms with Crippen molar-refractivity contribution in [3.63, 3.8) is 0 Å². The first-order chi connectivity index (χ1) is 15.5. The van der Waals surface area contributed by atoms with Gasteiger partial charge in [-0.3, -0.25) is 4.21 Å². The predicted molar refractivity (Wildman–Crippen MR) is 127 cm³/mol. The summed E-state index contributed by atoms with van der Waals surface area (Å²) in [6, 6.07) is 14.4. The Morgan fingerprint density at radius 2 is 2.03 bits per heavy atom. The van der Waals surface area contributed by atoms with Gasteiger partial charge in [-0.05, 0) is 42.5 Å². The highest BCUT2D eigenvalue weighted by atomic mass is 35.5. The summed E-state index contributed by atoms with van der Waals surface area (Å²) in [6.45, 7) is 4.29. The van der Waals surface area contributed by atoms with Crippen LogP contribution < -0.4 is 10.1 Å². The van der Waals surface area contributed by atoms with E-state index in [4.69, 9.17) is 16.3 Å². The molecule has 7 nitrogen and oxygen atoms in total. The van der Waals surface area contributed by atoms with Crippen molar-refractivity contribution in [1.29, 1.82) is 0 Å². The van der Waals surface area contributed by atoms with Crippen LogP contribution in [0.3, 0.4) is 0 Å². The van der Waals surface area contributed by atoms with Gasteiger partial charge in [0.05, 0.1) is 27.9 Å². The Bertz CT molecular complexity index is 1280. The number of rotatable bonds is 8. The van der Waals surface area contributed by atoms with Crippen molar-refractivity contribution in [3.8, 4) is 11.5 Å². The van der Waals surface area contributed by atoms with Crippen molar-refractivity contribution in [2.75, 3.05) is 11.9 Å². The van der Waals surface area contributed by atoms with E-state index in [0.29, 0.717) is 33.8 Å². The SMILES string of the molecule is CC(C)S(=O)c1cccc(Oc2ccc(Nc3ncnc4ccn(CCO)c34)cc2Cl)c1. The molecule has 2 aromatic carbocycles. The standard InChI is InChI=1S/C23H23ClN4O3S/c1-15(2)32(30)18-5-3-4-17(13-18)31-21-7-6-16(12-19(21)24)27-23-22-20(25-14-26-23)8-9-28(22)10-11-29/h3-9,12-15,29H,10-11H2,1-2H3,(H,25,26,27). The highest BCUT2D eigenvalue weighted by Gasteiger charge is 2.13. The zero-order chi connectivity index (χ0) is 22.7. The molecule has 1 unspecified atom stereocenters. The van der Waals surface area contributed by atoms with Gasteiger partial charge >= 0.3 is 0 Å². The minimum Gasteiger partial charge on any atom is -0.456 e. The molecule has 9 heteroatoms. The van der Waals surface area contributed by atoms with Gasteiger partial charge in [0, 0.05) is 28.6 Å². The molecule has 0 aliphatic carbocycles. The van der Waals surface area contributed by atoms with Gasteiger partial charge in [-0.1, -0.05) is 31.5 Å². The molecule has 0 aliphatic rings. The van der Waals surface area contributed by atoms with Gasteiger partial charge in [0.25, 0.3) is 0 Å². The number of aromatic nitrogens is 3. The Labute approximate surface area is 193 Å². The van der Waals surface area contributed by atoms with Crippen molar-refractivity contribution in [1.82, 2.24) is 14.5 Å². The molecule has 2 aromatic heterocycles. The maximum absolute atomic E-state index is 12.4. The van der Waals surface area contributed by atoms with E-state index >= 15 is 0 Å². The molecule has 2 N–H and O–H groups in total. The molecule has 0 radical (unpaired) electrons. The molecule has 166 valence electrons. The summed E-state index contributed by atoms with van der Waals surface area (Å²) in [6.07, 6.45) is 3.35. The molecule has 2 heterocycles. The van der Waals surface area contributed by atoms with Crippen LogP contribution in [0, 0.1) is 0 Å². The number of aliphatic hydroxyl groups is 1. The van der Waals surface area contributed by atoms with E-state index in [2.05, 4.69) is 15.3 Å². The van der Waals surface area contributed by atoms with Crippen LogP contribution >= 0.6 is 11.6 Å². The molecular weight excluding hydrogens is 448 g/mol. The average molecular weight is 471 g/mol. The van der Waals surface area contributed by atoms with E-state index in [1.807, 2.05) is 48.9 Å². The number of aliphatic hydroxyl groups excluding tert-OH is 1. The van der Waals surface area contributed by atoms with Gasteiger partial charge in [-0.25, -0.2) is 9.97 Å². The smallest absolute Gasteiger partial charge is 0.158 e. The van der Waals surface area contributed by atoms with Crippen LogP contribution in [0.5, 0.6) is 11.5 Å². The van der Waals surface area contributed by atoms with Gasteiger partial charge in [-0.2, -0.15) is 0 Å². The molecule has 32 heavy (non-hydrogen) atoms. The summed E-state index contributed by atoms with van der Waals surface area (Å²) >= 11 is 6.48. The van der Waals surface area contributed by atoms with Crippen molar-refractivity contribution >= 4 is 44.9 Å². The van der Waals surface area contributed by atoms with Crippen LogP contribution in [0.25, 0.3) is 11.0 Å². The molecule has 1 atom stereocenters. The predicted octanol–water partition coefficient (Wildman–Crippen LogP) is 5.13. The van der Waals surface area contributed by atoms with Crippen molar-refractivity contribution in [2.45, 2.75) is 30.5 Å². The second-order valence-electron chi connectivity index (χ2n) is 7.38. The monoisotopic (exact) mass is 470 g/mol. The third kappa shape index (κ3) is 4.77. The summed E-state index contributed by atoms with van der Waals surface area (Å²) in [5.74, 6) is 1.67. The number of hydrogen-bond donors (Lipinski definition) is 2. The van der Waals surface area contributed by atoms with E-state index < -0.39 is 10.8 Å². The number of hydrogen-bond acceptors (Lipinski definition) is 6. The van der Waals surface area contributed by atoms with Crippen molar-refractivity contribution < 1.29 is 14.1 Å². The van der Waals surface area contributed by atoms with Gasteiger partial charge in [0.1, 0.15) is 23.3 Å². The highest BCUT2D eigenvalue weighted by Crippen LogP contribution is 2.34. The number of ether oxygens (including phenoxy) is 1. The zero-order valence-corrected chi connectivity index (χ0v) is 19.2. The molecule has 0 spiro atoms. The van der Waals surface area contributed by atoms with Crippen LogP contribution in [-0.4, -0.2) is 35.7 Å². The quantitative estimate of drug-likeness (QED) is 0.371. The van der Waals surface area contributed by atoms with Gasteiger partial charge in [0.15, 0.2) is 5.82 Å². The Hall–Kier alpha value is -2.94. The second kappa shape index (κ2) is 9.68. The largest absolute Gasteiger partial charge is 0.456 e.